The van der Waals surface area contributed by atoms with Crippen LogP contribution in [0.3, 0.4) is 0 Å². The summed E-state index contributed by atoms with van der Waals surface area (Å²) in [4.78, 5) is 0. The van der Waals surface area contributed by atoms with E-state index in [4.69, 9.17) is 39.5 Å². The molecule has 1 nitrogen and oxygen atoms in total. The SMILES string of the molecule is CC1OCCC1(CCl)Cc1ccc(Cl)cc1Cl. The van der Waals surface area contributed by atoms with Crippen molar-refractivity contribution >= 4 is 34.8 Å². The van der Waals surface area contributed by atoms with Crippen molar-refractivity contribution in [1.29, 1.82) is 0 Å². The first-order chi connectivity index (χ1) is 8.07. The Bertz CT molecular complexity index is 408. The predicted octanol–water partition coefficient (Wildman–Crippen LogP) is 4.57. The monoisotopic (exact) mass is 292 g/mol. The maximum atomic E-state index is 6.21. The average Bonchev–Trinajstić information content (AvgIpc) is 2.65. The van der Waals surface area contributed by atoms with E-state index < -0.39 is 0 Å². The van der Waals surface area contributed by atoms with Crippen molar-refractivity contribution in [2.75, 3.05) is 12.5 Å². The summed E-state index contributed by atoms with van der Waals surface area (Å²) >= 11 is 18.2. The fourth-order valence-corrected chi connectivity index (χ4v) is 3.24. The molecule has 1 aliphatic rings. The van der Waals surface area contributed by atoms with Crippen LogP contribution in [0.1, 0.15) is 18.9 Å². The third kappa shape index (κ3) is 2.73. The van der Waals surface area contributed by atoms with E-state index in [1.54, 1.807) is 6.07 Å². The summed E-state index contributed by atoms with van der Waals surface area (Å²) in [5.41, 5.74) is 1.09. The van der Waals surface area contributed by atoms with Crippen LogP contribution in [0.25, 0.3) is 0 Å². The second-order valence-electron chi connectivity index (χ2n) is 4.67. The molecule has 1 fully saturated rings. The molecule has 0 aromatic heterocycles. The lowest BCUT2D eigenvalue weighted by Gasteiger charge is -2.30. The van der Waals surface area contributed by atoms with E-state index in [9.17, 15) is 0 Å². The summed E-state index contributed by atoms with van der Waals surface area (Å²) in [5, 5.41) is 1.37. The van der Waals surface area contributed by atoms with Crippen LogP contribution in [0.15, 0.2) is 18.2 Å². The van der Waals surface area contributed by atoms with Gasteiger partial charge in [0.05, 0.1) is 6.10 Å². The molecule has 0 aliphatic carbocycles. The highest BCUT2D eigenvalue weighted by Gasteiger charge is 2.41. The van der Waals surface area contributed by atoms with Crippen LogP contribution in [0.5, 0.6) is 0 Å². The topological polar surface area (TPSA) is 9.23 Å². The number of halogens is 3. The Balaban J connectivity index is 2.24. The van der Waals surface area contributed by atoms with Gasteiger partial charge in [0.15, 0.2) is 0 Å². The van der Waals surface area contributed by atoms with Crippen LogP contribution < -0.4 is 0 Å². The molecule has 1 saturated heterocycles. The van der Waals surface area contributed by atoms with Gasteiger partial charge in [0.2, 0.25) is 0 Å². The van der Waals surface area contributed by atoms with E-state index in [-0.39, 0.29) is 11.5 Å². The molecule has 2 rings (SSSR count). The first kappa shape index (κ1) is 13.5. The summed E-state index contributed by atoms with van der Waals surface area (Å²) in [5.74, 6) is 0.590. The molecule has 0 amide bonds. The maximum absolute atomic E-state index is 6.21. The molecular formula is C13H15Cl3O. The third-order valence-corrected chi connectivity index (χ3v) is 4.77. The Kier molecular flexibility index (Phi) is 4.25. The Labute approximate surface area is 117 Å². The van der Waals surface area contributed by atoms with Gasteiger partial charge in [-0.05, 0) is 37.5 Å². The van der Waals surface area contributed by atoms with E-state index in [0.717, 1.165) is 25.0 Å². The number of hydrogen-bond donors (Lipinski definition) is 0. The molecule has 1 heterocycles. The summed E-state index contributed by atoms with van der Waals surface area (Å²) in [7, 11) is 0. The van der Waals surface area contributed by atoms with E-state index in [1.807, 2.05) is 12.1 Å². The highest BCUT2D eigenvalue weighted by atomic mass is 35.5. The Morgan fingerprint density at radius 2 is 2.18 bits per heavy atom. The molecule has 0 radical (unpaired) electrons. The number of alkyl halides is 1. The first-order valence-electron chi connectivity index (χ1n) is 5.69. The van der Waals surface area contributed by atoms with Gasteiger partial charge in [0.25, 0.3) is 0 Å². The van der Waals surface area contributed by atoms with Gasteiger partial charge in [-0.15, -0.1) is 11.6 Å². The van der Waals surface area contributed by atoms with Gasteiger partial charge in [-0.1, -0.05) is 29.3 Å². The van der Waals surface area contributed by atoms with Crippen molar-refractivity contribution in [3.8, 4) is 0 Å². The van der Waals surface area contributed by atoms with Gasteiger partial charge >= 0.3 is 0 Å². The first-order valence-corrected chi connectivity index (χ1v) is 6.98. The molecule has 1 aromatic carbocycles. The molecule has 0 saturated carbocycles. The number of hydrogen-bond acceptors (Lipinski definition) is 1. The van der Waals surface area contributed by atoms with Crippen molar-refractivity contribution in [2.24, 2.45) is 5.41 Å². The molecule has 4 heteroatoms. The summed E-state index contributed by atoms with van der Waals surface area (Å²) in [6, 6.07) is 5.62. The fourth-order valence-electron chi connectivity index (χ4n) is 2.32. The van der Waals surface area contributed by atoms with Crippen LogP contribution in [0.4, 0.5) is 0 Å². The molecule has 0 N–H and O–H groups in total. The van der Waals surface area contributed by atoms with Crippen LogP contribution in [0.2, 0.25) is 10.0 Å². The van der Waals surface area contributed by atoms with Crippen molar-refractivity contribution < 1.29 is 4.74 Å². The van der Waals surface area contributed by atoms with Gasteiger partial charge in [-0.3, -0.25) is 0 Å². The van der Waals surface area contributed by atoms with Crippen molar-refractivity contribution in [1.82, 2.24) is 0 Å². The quantitative estimate of drug-likeness (QED) is 0.742. The average molecular weight is 294 g/mol. The van der Waals surface area contributed by atoms with Crippen molar-refractivity contribution in [2.45, 2.75) is 25.9 Å². The molecule has 0 spiro atoms. The standard InChI is InChI=1S/C13H15Cl3O/c1-9-13(8-14,4-5-17-9)7-10-2-3-11(15)6-12(10)16/h2-3,6,9H,4-5,7-8H2,1H3. The molecular weight excluding hydrogens is 279 g/mol. The molecule has 1 aromatic rings. The minimum Gasteiger partial charge on any atom is -0.378 e. The smallest absolute Gasteiger partial charge is 0.0618 e. The van der Waals surface area contributed by atoms with Crippen molar-refractivity contribution in [3.63, 3.8) is 0 Å². The highest BCUT2D eigenvalue weighted by Crippen LogP contribution is 2.40. The van der Waals surface area contributed by atoms with Crippen LogP contribution in [0, 0.1) is 5.41 Å². The van der Waals surface area contributed by atoms with E-state index in [0.29, 0.717) is 15.9 Å². The lowest BCUT2D eigenvalue weighted by molar-refractivity contribution is 0.0736. The minimum absolute atomic E-state index is 0.000967. The highest BCUT2D eigenvalue weighted by molar-refractivity contribution is 6.35. The zero-order chi connectivity index (χ0) is 12.5. The Morgan fingerprint density at radius 1 is 1.41 bits per heavy atom. The van der Waals surface area contributed by atoms with Gasteiger partial charge < -0.3 is 4.74 Å². The Hall–Kier alpha value is 0.0500. The lowest BCUT2D eigenvalue weighted by Crippen LogP contribution is -2.33. The summed E-state index contributed by atoms with van der Waals surface area (Å²) in [6.45, 7) is 2.86. The molecule has 94 valence electrons. The normalized spacial score (nSPS) is 28.6. The van der Waals surface area contributed by atoms with Gasteiger partial charge in [-0.2, -0.15) is 0 Å². The van der Waals surface area contributed by atoms with E-state index >= 15 is 0 Å². The molecule has 2 unspecified atom stereocenters. The van der Waals surface area contributed by atoms with Crippen LogP contribution >= 0.6 is 34.8 Å². The Morgan fingerprint density at radius 3 is 2.71 bits per heavy atom. The molecule has 0 bridgehead atoms. The van der Waals surface area contributed by atoms with Crippen molar-refractivity contribution in [3.05, 3.63) is 33.8 Å². The van der Waals surface area contributed by atoms with E-state index in [1.165, 1.54) is 0 Å². The largest absolute Gasteiger partial charge is 0.378 e. The summed E-state index contributed by atoms with van der Waals surface area (Å²) < 4.78 is 5.64. The fraction of sp³-hybridized carbons (Fsp3) is 0.538. The molecule has 17 heavy (non-hydrogen) atoms. The molecule has 1 aliphatic heterocycles. The second-order valence-corrected chi connectivity index (χ2v) is 5.78. The predicted molar refractivity (Wildman–Crippen MR) is 73.4 cm³/mol. The lowest BCUT2D eigenvalue weighted by atomic mass is 9.78. The number of benzene rings is 1. The van der Waals surface area contributed by atoms with Gasteiger partial charge in [0, 0.05) is 27.9 Å². The van der Waals surface area contributed by atoms with Crippen LogP contribution in [-0.2, 0) is 11.2 Å². The zero-order valence-corrected chi connectivity index (χ0v) is 11.9. The number of rotatable bonds is 3. The molecule has 2 atom stereocenters. The zero-order valence-electron chi connectivity index (χ0n) is 9.68. The maximum Gasteiger partial charge on any atom is 0.0618 e. The van der Waals surface area contributed by atoms with Gasteiger partial charge in [-0.25, -0.2) is 0 Å². The minimum atomic E-state index is -0.000967. The second kappa shape index (κ2) is 5.36. The van der Waals surface area contributed by atoms with E-state index in [2.05, 4.69) is 6.92 Å². The number of ether oxygens (including phenoxy) is 1. The third-order valence-electron chi connectivity index (χ3n) is 3.65. The van der Waals surface area contributed by atoms with Gasteiger partial charge in [0.1, 0.15) is 0 Å². The summed E-state index contributed by atoms with van der Waals surface area (Å²) in [6.07, 6.45) is 2.00. The van der Waals surface area contributed by atoms with Crippen LogP contribution in [-0.4, -0.2) is 18.6 Å².